The van der Waals surface area contributed by atoms with E-state index in [1.165, 1.54) is 0 Å². The Balaban J connectivity index is 1.51. The van der Waals surface area contributed by atoms with Crippen molar-refractivity contribution >= 4 is 40.3 Å². The van der Waals surface area contributed by atoms with Gasteiger partial charge in [-0.15, -0.1) is 22.7 Å². The Morgan fingerprint density at radius 1 is 1.24 bits per heavy atom. The molecule has 1 N–H and O–H groups in total. The van der Waals surface area contributed by atoms with E-state index in [9.17, 15) is 9.59 Å². The van der Waals surface area contributed by atoms with E-state index in [2.05, 4.69) is 28.6 Å². The molecule has 0 aliphatic carbocycles. The molecule has 0 radical (unpaired) electrons. The molecule has 2 aromatic rings. The Labute approximate surface area is 209 Å². The molecule has 4 rings (SSSR count). The van der Waals surface area contributed by atoms with Crippen LogP contribution >= 0.6 is 22.7 Å². The third-order valence-electron chi connectivity index (χ3n) is 5.99. The number of aryl methyl sites for hydroxylation is 1. The molecule has 1 atom stereocenters. The van der Waals surface area contributed by atoms with Gasteiger partial charge in [0.15, 0.2) is 0 Å². The summed E-state index contributed by atoms with van der Waals surface area (Å²) in [4.78, 5) is 32.7. The number of amides is 3. The molecule has 0 spiro atoms. The lowest BCUT2D eigenvalue weighted by Gasteiger charge is -2.31. The summed E-state index contributed by atoms with van der Waals surface area (Å²) in [7, 11) is 0. The van der Waals surface area contributed by atoms with E-state index >= 15 is 0 Å². The smallest absolute Gasteiger partial charge is 0.318 e. The van der Waals surface area contributed by atoms with Gasteiger partial charge in [-0.2, -0.15) is 5.10 Å². The molecule has 3 amide bonds. The number of morpholine rings is 1. The van der Waals surface area contributed by atoms with E-state index in [0.717, 1.165) is 34.1 Å². The normalized spacial score (nSPS) is 18.9. The molecular weight excluding hydrogens is 470 g/mol. The fourth-order valence-electron chi connectivity index (χ4n) is 4.18. The highest BCUT2D eigenvalue weighted by atomic mass is 32.1. The lowest BCUT2D eigenvalue weighted by atomic mass is 10.1. The van der Waals surface area contributed by atoms with Crippen LogP contribution in [0.4, 0.5) is 4.79 Å². The van der Waals surface area contributed by atoms with Crippen molar-refractivity contribution in [2.75, 3.05) is 45.9 Å². The van der Waals surface area contributed by atoms with Crippen molar-refractivity contribution in [1.82, 2.24) is 20.1 Å². The first-order valence-corrected chi connectivity index (χ1v) is 13.5. The van der Waals surface area contributed by atoms with Crippen LogP contribution in [0, 0.1) is 6.92 Å². The van der Waals surface area contributed by atoms with E-state index in [1.807, 2.05) is 31.4 Å². The average Bonchev–Trinajstić information content (AvgIpc) is 3.56. The molecule has 8 nitrogen and oxygen atoms in total. The number of thiophene rings is 2. The monoisotopic (exact) mass is 503 g/mol. The second kappa shape index (κ2) is 11.4. The number of hydrogen-bond acceptors (Lipinski definition) is 7. The predicted octanol–water partition coefficient (Wildman–Crippen LogP) is 3.55. The fourth-order valence-corrected chi connectivity index (χ4v) is 5.91. The second-order valence-electron chi connectivity index (χ2n) is 8.93. The van der Waals surface area contributed by atoms with Crippen LogP contribution in [0.15, 0.2) is 34.1 Å². The highest BCUT2D eigenvalue weighted by Crippen LogP contribution is 2.37. The Hall–Kier alpha value is -2.27. The topological polar surface area (TPSA) is 77.5 Å². The number of nitrogens with one attached hydrogen (secondary N) is 1. The molecule has 2 aliphatic heterocycles. The van der Waals surface area contributed by atoms with Crippen molar-refractivity contribution in [3.05, 3.63) is 44.3 Å². The van der Waals surface area contributed by atoms with Crippen LogP contribution in [0.3, 0.4) is 0 Å². The van der Waals surface area contributed by atoms with Crippen molar-refractivity contribution in [3.63, 3.8) is 0 Å². The molecule has 1 unspecified atom stereocenters. The van der Waals surface area contributed by atoms with Crippen LogP contribution < -0.4 is 5.32 Å². The molecule has 10 heteroatoms. The highest BCUT2D eigenvalue weighted by molar-refractivity contribution is 7.12. The van der Waals surface area contributed by atoms with Gasteiger partial charge in [-0.1, -0.05) is 6.07 Å². The van der Waals surface area contributed by atoms with E-state index in [-0.39, 0.29) is 30.6 Å². The Morgan fingerprint density at radius 2 is 2.03 bits per heavy atom. The minimum atomic E-state index is -0.220. The molecule has 4 heterocycles. The van der Waals surface area contributed by atoms with Crippen molar-refractivity contribution in [2.24, 2.45) is 5.10 Å². The zero-order valence-electron chi connectivity index (χ0n) is 20.0. The maximum absolute atomic E-state index is 13.6. The SMILES string of the molecule is Cc1ccsc1C1CC(c2cccs2)=NN1C(=O)CN(CCN1CCOCC1)C(=O)NC(C)C. The third kappa shape index (κ3) is 6.04. The van der Waals surface area contributed by atoms with Gasteiger partial charge < -0.3 is 15.0 Å². The lowest BCUT2D eigenvalue weighted by molar-refractivity contribution is -0.133. The maximum atomic E-state index is 13.6. The number of hydrogen-bond donors (Lipinski definition) is 1. The van der Waals surface area contributed by atoms with Crippen molar-refractivity contribution in [3.8, 4) is 0 Å². The number of nitrogens with zero attached hydrogens (tertiary/aromatic N) is 4. The van der Waals surface area contributed by atoms with Crippen molar-refractivity contribution in [1.29, 1.82) is 0 Å². The van der Waals surface area contributed by atoms with Gasteiger partial charge in [-0.3, -0.25) is 9.69 Å². The van der Waals surface area contributed by atoms with Crippen LogP contribution in [0.2, 0.25) is 0 Å². The molecule has 1 saturated heterocycles. The maximum Gasteiger partial charge on any atom is 0.318 e. The minimum absolute atomic E-state index is 0.00889. The number of rotatable bonds is 8. The first-order chi connectivity index (χ1) is 16.4. The van der Waals surface area contributed by atoms with Gasteiger partial charge in [0.2, 0.25) is 0 Å². The summed E-state index contributed by atoms with van der Waals surface area (Å²) in [5, 5.41) is 13.4. The average molecular weight is 504 g/mol. The number of carbonyl (C=O) groups excluding carboxylic acids is 2. The molecule has 34 heavy (non-hydrogen) atoms. The summed E-state index contributed by atoms with van der Waals surface area (Å²) >= 11 is 3.29. The quantitative estimate of drug-likeness (QED) is 0.598. The second-order valence-corrected chi connectivity index (χ2v) is 10.8. The lowest BCUT2D eigenvalue weighted by Crippen LogP contribution is -2.50. The first-order valence-electron chi connectivity index (χ1n) is 11.8. The third-order valence-corrected chi connectivity index (χ3v) is 8.03. The van der Waals surface area contributed by atoms with Crippen LogP contribution in [0.5, 0.6) is 0 Å². The summed E-state index contributed by atoms with van der Waals surface area (Å²) in [6, 6.07) is 5.75. The highest BCUT2D eigenvalue weighted by Gasteiger charge is 2.36. The number of ether oxygens (including phenoxy) is 1. The molecule has 2 aromatic heterocycles. The summed E-state index contributed by atoms with van der Waals surface area (Å²) < 4.78 is 5.43. The van der Waals surface area contributed by atoms with E-state index < -0.39 is 0 Å². The molecule has 0 bridgehead atoms. The van der Waals surface area contributed by atoms with Crippen LogP contribution in [-0.4, -0.2) is 84.4 Å². The van der Waals surface area contributed by atoms with Crippen LogP contribution in [-0.2, 0) is 9.53 Å². The van der Waals surface area contributed by atoms with Gasteiger partial charge >= 0.3 is 6.03 Å². The predicted molar refractivity (Wildman–Crippen MR) is 137 cm³/mol. The Bertz CT molecular complexity index is 998. The first kappa shape index (κ1) is 24.8. The number of carbonyl (C=O) groups is 2. The Kier molecular flexibility index (Phi) is 8.36. The number of urea groups is 1. The summed E-state index contributed by atoms with van der Waals surface area (Å²) in [6.07, 6.45) is 0.680. The number of hydrazone groups is 1. The largest absolute Gasteiger partial charge is 0.379 e. The zero-order chi connectivity index (χ0) is 24.1. The summed E-state index contributed by atoms with van der Waals surface area (Å²) in [6.45, 7) is 10.2. The van der Waals surface area contributed by atoms with Gasteiger partial charge in [0, 0.05) is 43.5 Å². The van der Waals surface area contributed by atoms with Gasteiger partial charge in [0.05, 0.1) is 29.8 Å². The molecule has 2 aliphatic rings. The summed E-state index contributed by atoms with van der Waals surface area (Å²) in [5.41, 5.74) is 2.09. The molecular formula is C24H33N5O3S2. The standard InChI is InChI=1S/C24H33N5O3S2/c1-17(2)25-24(31)28(8-7-27-9-11-32-12-10-27)16-22(30)29-20(23-18(3)6-14-34-23)15-19(26-29)21-5-4-13-33-21/h4-6,13-14,17,20H,7-12,15-16H2,1-3H3,(H,25,31). The fraction of sp³-hybridized carbons (Fsp3) is 0.542. The zero-order valence-corrected chi connectivity index (χ0v) is 21.7. The van der Waals surface area contributed by atoms with Crippen LogP contribution in [0.1, 0.15) is 41.6 Å². The van der Waals surface area contributed by atoms with Crippen molar-refractivity contribution in [2.45, 2.75) is 39.3 Å². The van der Waals surface area contributed by atoms with Crippen molar-refractivity contribution < 1.29 is 14.3 Å². The minimum Gasteiger partial charge on any atom is -0.379 e. The van der Waals surface area contributed by atoms with E-state index in [0.29, 0.717) is 32.7 Å². The van der Waals surface area contributed by atoms with Gasteiger partial charge in [0.25, 0.3) is 5.91 Å². The van der Waals surface area contributed by atoms with E-state index in [4.69, 9.17) is 9.84 Å². The molecule has 1 fully saturated rings. The van der Waals surface area contributed by atoms with Crippen LogP contribution in [0.25, 0.3) is 0 Å². The molecule has 0 aromatic carbocycles. The summed E-state index contributed by atoms with van der Waals surface area (Å²) in [5.74, 6) is -0.162. The van der Waals surface area contributed by atoms with E-state index in [1.54, 1.807) is 32.6 Å². The van der Waals surface area contributed by atoms with Gasteiger partial charge in [0.1, 0.15) is 6.54 Å². The molecule has 184 valence electrons. The Morgan fingerprint density at radius 3 is 2.68 bits per heavy atom. The van der Waals surface area contributed by atoms with Gasteiger partial charge in [-0.05, 0) is 49.2 Å². The molecule has 0 saturated carbocycles. The van der Waals surface area contributed by atoms with Gasteiger partial charge in [-0.25, -0.2) is 9.80 Å².